The van der Waals surface area contributed by atoms with Crippen LogP contribution in [0.5, 0.6) is 5.75 Å². The average Bonchev–Trinajstić information content (AvgIpc) is 3.26. The van der Waals surface area contributed by atoms with Crippen molar-refractivity contribution in [3.8, 4) is 11.4 Å². The first kappa shape index (κ1) is 20.6. The monoisotopic (exact) mass is 437 g/mol. The molecule has 0 spiro atoms. The number of fused-ring (bicyclic) bond motifs is 1. The predicted molar refractivity (Wildman–Crippen MR) is 127 cm³/mol. The fourth-order valence-electron chi connectivity index (χ4n) is 3.84. The number of rotatable bonds is 6. The third kappa shape index (κ3) is 4.25. The van der Waals surface area contributed by atoms with Gasteiger partial charge in [-0.25, -0.2) is 9.67 Å². The molecular formula is C26H23N5O2. The maximum absolute atomic E-state index is 13.4. The number of nitrogens with zero attached hydrogens (tertiary/aromatic N) is 5. The lowest BCUT2D eigenvalue weighted by Crippen LogP contribution is -2.26. The van der Waals surface area contributed by atoms with Crippen LogP contribution >= 0.6 is 0 Å². The summed E-state index contributed by atoms with van der Waals surface area (Å²) in [5.41, 5.74) is 4.18. The predicted octanol–water partition coefficient (Wildman–Crippen LogP) is 4.22. The number of hydrogen-bond donors (Lipinski definition) is 0. The van der Waals surface area contributed by atoms with E-state index in [9.17, 15) is 4.79 Å². The Bertz CT molecular complexity index is 1500. The van der Waals surface area contributed by atoms with Crippen molar-refractivity contribution < 1.29 is 4.74 Å². The summed E-state index contributed by atoms with van der Waals surface area (Å²) in [4.78, 5) is 18.2. The summed E-state index contributed by atoms with van der Waals surface area (Å²) in [6, 6.07) is 23.0. The Labute approximate surface area is 190 Å². The second-order valence-corrected chi connectivity index (χ2v) is 7.98. The van der Waals surface area contributed by atoms with E-state index in [0.717, 1.165) is 22.6 Å². The standard InChI is InChI=1S/C26H23N5O2/c1-18-8-7-10-21(14-18)33-17-20-15-30(29-28-20)16-25-27-23-12-5-4-11-22(23)26(32)31(25)24-13-6-3-9-19(24)2/h3-15H,16-17H2,1-2H3. The first-order valence-electron chi connectivity index (χ1n) is 10.7. The first-order chi connectivity index (χ1) is 16.1. The van der Waals surface area contributed by atoms with Crippen LogP contribution in [0.25, 0.3) is 16.6 Å². The number of hydrogen-bond acceptors (Lipinski definition) is 5. The van der Waals surface area contributed by atoms with Crippen molar-refractivity contribution in [3.05, 3.63) is 112 Å². The number of ether oxygens (including phenoxy) is 1. The number of aryl methyl sites for hydroxylation is 2. The van der Waals surface area contributed by atoms with Gasteiger partial charge in [0, 0.05) is 0 Å². The van der Waals surface area contributed by atoms with Crippen molar-refractivity contribution in [1.82, 2.24) is 24.5 Å². The molecule has 0 atom stereocenters. The van der Waals surface area contributed by atoms with Crippen LogP contribution in [0.15, 0.2) is 83.8 Å². The summed E-state index contributed by atoms with van der Waals surface area (Å²) < 4.78 is 9.19. The van der Waals surface area contributed by atoms with Crippen molar-refractivity contribution in [3.63, 3.8) is 0 Å². The van der Waals surface area contributed by atoms with Crippen molar-refractivity contribution in [2.24, 2.45) is 0 Å². The zero-order valence-electron chi connectivity index (χ0n) is 18.5. The highest BCUT2D eigenvalue weighted by Crippen LogP contribution is 2.17. The molecule has 164 valence electrons. The summed E-state index contributed by atoms with van der Waals surface area (Å²) in [5.74, 6) is 1.37. The quantitative estimate of drug-likeness (QED) is 0.398. The summed E-state index contributed by atoms with van der Waals surface area (Å²) in [5, 5.41) is 9.05. The molecule has 0 aliphatic rings. The van der Waals surface area contributed by atoms with Crippen molar-refractivity contribution >= 4 is 10.9 Å². The molecule has 5 aromatic rings. The Morgan fingerprint density at radius 1 is 0.939 bits per heavy atom. The molecule has 33 heavy (non-hydrogen) atoms. The summed E-state index contributed by atoms with van der Waals surface area (Å²) in [7, 11) is 0. The molecule has 7 heteroatoms. The van der Waals surface area contributed by atoms with Crippen LogP contribution < -0.4 is 10.3 Å². The Hall–Kier alpha value is -4.26. The lowest BCUT2D eigenvalue weighted by atomic mass is 10.2. The zero-order chi connectivity index (χ0) is 22.8. The fourth-order valence-corrected chi connectivity index (χ4v) is 3.84. The molecule has 0 N–H and O–H groups in total. The molecule has 0 fully saturated rings. The van der Waals surface area contributed by atoms with Crippen LogP contribution in [-0.2, 0) is 13.2 Å². The maximum atomic E-state index is 13.4. The minimum absolute atomic E-state index is 0.104. The highest BCUT2D eigenvalue weighted by atomic mass is 16.5. The second kappa shape index (κ2) is 8.70. The van der Waals surface area contributed by atoms with Gasteiger partial charge in [0.05, 0.1) is 22.8 Å². The minimum atomic E-state index is -0.104. The second-order valence-electron chi connectivity index (χ2n) is 7.98. The Balaban J connectivity index is 1.48. The Morgan fingerprint density at radius 3 is 2.61 bits per heavy atom. The third-order valence-electron chi connectivity index (χ3n) is 5.47. The van der Waals surface area contributed by atoms with Crippen LogP contribution in [0.2, 0.25) is 0 Å². The summed E-state index contributed by atoms with van der Waals surface area (Å²) in [6.45, 7) is 4.61. The molecule has 0 radical (unpaired) electrons. The molecule has 0 aliphatic heterocycles. The highest BCUT2D eigenvalue weighted by Gasteiger charge is 2.15. The van der Waals surface area contributed by atoms with Crippen molar-refractivity contribution in [2.45, 2.75) is 27.0 Å². The Morgan fingerprint density at radius 2 is 1.76 bits per heavy atom. The van der Waals surface area contributed by atoms with E-state index in [4.69, 9.17) is 9.72 Å². The van der Waals surface area contributed by atoms with Crippen LogP contribution in [-0.4, -0.2) is 24.5 Å². The van der Waals surface area contributed by atoms with E-state index in [1.807, 2.05) is 86.8 Å². The van der Waals surface area contributed by atoms with Gasteiger partial charge in [-0.05, 0) is 55.3 Å². The Kier molecular flexibility index (Phi) is 5.44. The normalized spacial score (nSPS) is 11.1. The van der Waals surface area contributed by atoms with Crippen LogP contribution in [0.3, 0.4) is 0 Å². The molecule has 2 aromatic heterocycles. The van der Waals surface area contributed by atoms with E-state index in [-0.39, 0.29) is 5.56 Å². The van der Waals surface area contributed by atoms with Gasteiger partial charge in [-0.3, -0.25) is 9.36 Å². The van der Waals surface area contributed by atoms with Gasteiger partial charge < -0.3 is 4.74 Å². The molecular weight excluding hydrogens is 414 g/mol. The van der Waals surface area contributed by atoms with Crippen LogP contribution in [0.1, 0.15) is 22.6 Å². The van der Waals surface area contributed by atoms with E-state index in [2.05, 4.69) is 10.3 Å². The van der Waals surface area contributed by atoms with Crippen LogP contribution in [0.4, 0.5) is 0 Å². The van der Waals surface area contributed by atoms with Gasteiger partial charge in [0.15, 0.2) is 0 Å². The largest absolute Gasteiger partial charge is 0.487 e. The molecule has 0 amide bonds. The van der Waals surface area contributed by atoms with E-state index >= 15 is 0 Å². The van der Waals surface area contributed by atoms with Crippen molar-refractivity contribution in [1.29, 1.82) is 0 Å². The smallest absolute Gasteiger partial charge is 0.266 e. The van der Waals surface area contributed by atoms with E-state index in [1.165, 1.54) is 0 Å². The van der Waals surface area contributed by atoms with E-state index in [0.29, 0.717) is 35.6 Å². The molecule has 0 unspecified atom stereocenters. The van der Waals surface area contributed by atoms with Gasteiger partial charge in [-0.15, -0.1) is 5.10 Å². The first-order valence-corrected chi connectivity index (χ1v) is 10.7. The molecule has 5 rings (SSSR count). The van der Waals surface area contributed by atoms with E-state index < -0.39 is 0 Å². The molecule has 3 aromatic carbocycles. The van der Waals surface area contributed by atoms with Gasteiger partial charge in [0.1, 0.15) is 30.4 Å². The molecule has 0 saturated heterocycles. The van der Waals surface area contributed by atoms with Gasteiger partial charge in [-0.1, -0.05) is 47.7 Å². The number of benzene rings is 3. The van der Waals surface area contributed by atoms with Gasteiger partial charge in [0.25, 0.3) is 5.56 Å². The highest BCUT2D eigenvalue weighted by molar-refractivity contribution is 5.77. The molecule has 0 aliphatic carbocycles. The maximum Gasteiger partial charge on any atom is 0.266 e. The molecule has 2 heterocycles. The van der Waals surface area contributed by atoms with Crippen LogP contribution in [0, 0.1) is 13.8 Å². The summed E-state index contributed by atoms with van der Waals surface area (Å²) >= 11 is 0. The van der Waals surface area contributed by atoms with Gasteiger partial charge >= 0.3 is 0 Å². The number of aromatic nitrogens is 5. The van der Waals surface area contributed by atoms with E-state index in [1.54, 1.807) is 15.3 Å². The zero-order valence-corrected chi connectivity index (χ0v) is 18.5. The van der Waals surface area contributed by atoms with Gasteiger partial charge in [0.2, 0.25) is 0 Å². The van der Waals surface area contributed by atoms with Gasteiger partial charge in [-0.2, -0.15) is 0 Å². The molecule has 0 bridgehead atoms. The third-order valence-corrected chi connectivity index (χ3v) is 5.47. The molecule has 0 saturated carbocycles. The average molecular weight is 438 g/mol. The van der Waals surface area contributed by atoms with Crippen molar-refractivity contribution in [2.75, 3.05) is 0 Å². The lowest BCUT2D eigenvalue weighted by Gasteiger charge is -2.15. The lowest BCUT2D eigenvalue weighted by molar-refractivity contribution is 0.301. The molecule has 7 nitrogen and oxygen atoms in total. The fraction of sp³-hybridized carbons (Fsp3) is 0.154. The topological polar surface area (TPSA) is 74.8 Å². The number of para-hydroxylation sites is 2. The SMILES string of the molecule is Cc1cccc(OCc2cn(Cc3nc4ccccc4c(=O)n3-c3ccccc3C)nn2)c1. The summed E-state index contributed by atoms with van der Waals surface area (Å²) in [6.07, 6.45) is 1.82. The minimum Gasteiger partial charge on any atom is -0.487 e.